The Labute approximate surface area is 164 Å². The molecule has 1 aliphatic heterocycles. The van der Waals surface area contributed by atoms with Gasteiger partial charge in [-0.1, -0.05) is 6.07 Å². The van der Waals surface area contributed by atoms with E-state index in [1.54, 1.807) is 0 Å². The summed E-state index contributed by atoms with van der Waals surface area (Å²) in [6.45, 7) is 6.16. The standard InChI is InChI=1S/C23H24FN3O/c1-16-5-10-20(14-17(16)2)25-22(28)15-27-13-12-26-11-3-4-21(26)23(27)18-6-8-19(24)9-7-18/h3-11,14,23H,12-13,15H2,1-2H3,(H,25,28)/p+1/t23-/m1/s1. The van der Waals surface area contributed by atoms with Crippen molar-refractivity contribution in [3.8, 4) is 0 Å². The van der Waals surface area contributed by atoms with Crippen LogP contribution in [0, 0.1) is 19.7 Å². The number of nitrogens with zero attached hydrogens (tertiary/aromatic N) is 1. The Morgan fingerprint density at radius 2 is 1.93 bits per heavy atom. The summed E-state index contributed by atoms with van der Waals surface area (Å²) in [4.78, 5) is 13.9. The van der Waals surface area contributed by atoms with Crippen molar-refractivity contribution in [2.24, 2.45) is 0 Å². The van der Waals surface area contributed by atoms with E-state index in [0.29, 0.717) is 6.54 Å². The van der Waals surface area contributed by atoms with Gasteiger partial charge in [-0.25, -0.2) is 4.39 Å². The molecule has 5 heteroatoms. The molecule has 144 valence electrons. The topological polar surface area (TPSA) is 38.5 Å². The average Bonchev–Trinajstić information content (AvgIpc) is 3.14. The lowest BCUT2D eigenvalue weighted by Gasteiger charge is -2.33. The minimum Gasteiger partial charge on any atom is -0.340 e. The van der Waals surface area contributed by atoms with Crippen molar-refractivity contribution in [1.82, 2.24) is 4.57 Å². The first-order valence-corrected chi connectivity index (χ1v) is 9.63. The third-order valence-electron chi connectivity index (χ3n) is 5.62. The number of nitrogens with one attached hydrogen (secondary N) is 2. The number of aromatic nitrogens is 1. The smallest absolute Gasteiger partial charge is 0.279 e. The lowest BCUT2D eigenvalue weighted by atomic mass is 10.00. The summed E-state index contributed by atoms with van der Waals surface area (Å²) in [7, 11) is 0. The molecule has 3 aromatic rings. The summed E-state index contributed by atoms with van der Waals surface area (Å²) in [5, 5.41) is 3.03. The number of amides is 1. The number of hydrogen-bond acceptors (Lipinski definition) is 1. The van der Waals surface area contributed by atoms with Gasteiger partial charge in [-0.2, -0.15) is 0 Å². The molecule has 1 aliphatic rings. The Morgan fingerprint density at radius 3 is 2.68 bits per heavy atom. The maximum atomic E-state index is 13.4. The zero-order valence-electron chi connectivity index (χ0n) is 16.2. The van der Waals surface area contributed by atoms with Gasteiger partial charge in [0.1, 0.15) is 5.82 Å². The predicted octanol–water partition coefficient (Wildman–Crippen LogP) is 2.87. The summed E-state index contributed by atoms with van der Waals surface area (Å²) in [6.07, 6.45) is 2.07. The second-order valence-electron chi connectivity index (χ2n) is 7.54. The number of rotatable bonds is 4. The summed E-state index contributed by atoms with van der Waals surface area (Å²) >= 11 is 0. The minimum atomic E-state index is -0.246. The van der Waals surface area contributed by atoms with Crippen molar-refractivity contribution in [3.63, 3.8) is 0 Å². The monoisotopic (exact) mass is 378 g/mol. The Hall–Kier alpha value is -2.92. The zero-order chi connectivity index (χ0) is 19.7. The van der Waals surface area contributed by atoms with Crippen molar-refractivity contribution < 1.29 is 14.1 Å². The predicted molar refractivity (Wildman–Crippen MR) is 108 cm³/mol. The van der Waals surface area contributed by atoms with Gasteiger partial charge in [0.05, 0.1) is 18.8 Å². The normalized spacial score (nSPS) is 18.5. The van der Waals surface area contributed by atoms with Gasteiger partial charge >= 0.3 is 0 Å². The van der Waals surface area contributed by atoms with E-state index in [1.165, 1.54) is 22.6 Å². The van der Waals surface area contributed by atoms with Crippen LogP contribution >= 0.6 is 0 Å². The quantitative estimate of drug-likeness (QED) is 0.720. The molecule has 0 radical (unpaired) electrons. The molecule has 28 heavy (non-hydrogen) atoms. The number of anilines is 1. The third-order valence-corrected chi connectivity index (χ3v) is 5.62. The van der Waals surface area contributed by atoms with Crippen LogP contribution in [0.15, 0.2) is 60.8 Å². The fourth-order valence-corrected chi connectivity index (χ4v) is 3.99. The second kappa shape index (κ2) is 7.60. The molecule has 0 saturated carbocycles. The van der Waals surface area contributed by atoms with Crippen molar-refractivity contribution >= 4 is 11.6 Å². The molecule has 1 amide bonds. The van der Waals surface area contributed by atoms with E-state index < -0.39 is 0 Å². The van der Waals surface area contributed by atoms with Gasteiger partial charge in [-0.3, -0.25) is 4.79 Å². The number of carbonyl (C=O) groups excluding carboxylic acids is 1. The first kappa shape index (κ1) is 18.4. The van der Waals surface area contributed by atoms with Crippen molar-refractivity contribution in [1.29, 1.82) is 0 Å². The van der Waals surface area contributed by atoms with Gasteiger partial charge in [0.15, 0.2) is 12.6 Å². The molecule has 2 N–H and O–H groups in total. The van der Waals surface area contributed by atoms with E-state index in [0.717, 1.165) is 35.6 Å². The molecule has 0 fully saturated rings. The number of quaternary nitrogens is 1. The molecule has 0 saturated heterocycles. The molecule has 0 spiro atoms. The van der Waals surface area contributed by atoms with Crippen LogP contribution < -0.4 is 10.2 Å². The highest BCUT2D eigenvalue weighted by Crippen LogP contribution is 2.22. The SMILES string of the molecule is Cc1ccc(NC(=O)C[NH+]2CCn3cccc3[C@H]2c2ccc(F)cc2)cc1C. The number of hydrogen-bond donors (Lipinski definition) is 2. The maximum absolute atomic E-state index is 13.4. The number of halogens is 1. The molecular weight excluding hydrogens is 353 g/mol. The Kier molecular flexibility index (Phi) is 5.01. The number of carbonyl (C=O) groups is 1. The van der Waals surface area contributed by atoms with Crippen LogP contribution in [-0.2, 0) is 11.3 Å². The van der Waals surface area contributed by atoms with Crippen LogP contribution in [0.25, 0.3) is 0 Å². The van der Waals surface area contributed by atoms with E-state index in [-0.39, 0.29) is 17.8 Å². The fourth-order valence-electron chi connectivity index (χ4n) is 3.99. The van der Waals surface area contributed by atoms with E-state index in [4.69, 9.17) is 0 Å². The molecule has 0 aliphatic carbocycles. The molecule has 2 aromatic carbocycles. The lowest BCUT2D eigenvalue weighted by molar-refractivity contribution is -0.922. The van der Waals surface area contributed by atoms with Crippen LogP contribution in [0.3, 0.4) is 0 Å². The highest BCUT2D eigenvalue weighted by atomic mass is 19.1. The molecular formula is C23H25FN3O+. The van der Waals surface area contributed by atoms with Crippen LogP contribution in [-0.4, -0.2) is 23.6 Å². The van der Waals surface area contributed by atoms with Crippen molar-refractivity contribution in [2.75, 3.05) is 18.4 Å². The molecule has 0 bridgehead atoms. The number of aryl methyl sites for hydroxylation is 2. The van der Waals surface area contributed by atoms with Crippen LogP contribution in [0.1, 0.15) is 28.4 Å². The molecule has 1 aromatic heterocycles. The van der Waals surface area contributed by atoms with Gasteiger partial charge in [0.25, 0.3) is 5.91 Å². The van der Waals surface area contributed by atoms with Gasteiger partial charge in [0.2, 0.25) is 0 Å². The van der Waals surface area contributed by atoms with E-state index in [2.05, 4.69) is 29.1 Å². The molecule has 4 nitrogen and oxygen atoms in total. The van der Waals surface area contributed by atoms with E-state index in [1.807, 2.05) is 43.3 Å². The Bertz CT molecular complexity index is 993. The fraction of sp³-hybridized carbons (Fsp3) is 0.261. The highest BCUT2D eigenvalue weighted by molar-refractivity contribution is 5.91. The first-order chi connectivity index (χ1) is 13.5. The van der Waals surface area contributed by atoms with Gasteiger partial charge < -0.3 is 14.8 Å². The molecule has 4 rings (SSSR count). The maximum Gasteiger partial charge on any atom is 0.279 e. The summed E-state index contributed by atoms with van der Waals surface area (Å²) < 4.78 is 15.6. The van der Waals surface area contributed by atoms with Gasteiger partial charge in [-0.15, -0.1) is 0 Å². The summed E-state index contributed by atoms with van der Waals surface area (Å²) in [5.41, 5.74) is 5.37. The first-order valence-electron chi connectivity index (χ1n) is 9.63. The highest BCUT2D eigenvalue weighted by Gasteiger charge is 2.33. The van der Waals surface area contributed by atoms with Crippen molar-refractivity contribution in [3.05, 3.63) is 89.0 Å². The van der Waals surface area contributed by atoms with Crippen LogP contribution in [0.2, 0.25) is 0 Å². The van der Waals surface area contributed by atoms with Crippen LogP contribution in [0.4, 0.5) is 10.1 Å². The largest absolute Gasteiger partial charge is 0.340 e. The van der Waals surface area contributed by atoms with Gasteiger partial charge in [0, 0.05) is 17.4 Å². The molecule has 2 atom stereocenters. The lowest BCUT2D eigenvalue weighted by Crippen LogP contribution is -3.14. The molecule has 2 heterocycles. The minimum absolute atomic E-state index is 0.00892. The van der Waals surface area contributed by atoms with E-state index in [9.17, 15) is 9.18 Å². The Morgan fingerprint density at radius 1 is 1.14 bits per heavy atom. The third kappa shape index (κ3) is 3.71. The Balaban J connectivity index is 1.56. The zero-order valence-corrected chi connectivity index (χ0v) is 16.2. The van der Waals surface area contributed by atoms with Crippen LogP contribution in [0.5, 0.6) is 0 Å². The van der Waals surface area contributed by atoms with Gasteiger partial charge in [-0.05, 0) is 73.5 Å². The number of fused-ring (bicyclic) bond motifs is 1. The summed E-state index contributed by atoms with van der Waals surface area (Å²) in [5.74, 6) is -0.255. The van der Waals surface area contributed by atoms with E-state index >= 15 is 0 Å². The molecule has 1 unspecified atom stereocenters. The average molecular weight is 378 g/mol. The second-order valence-corrected chi connectivity index (χ2v) is 7.54. The summed E-state index contributed by atoms with van der Waals surface area (Å²) in [6, 6.07) is 16.7. The van der Waals surface area contributed by atoms with Crippen molar-refractivity contribution in [2.45, 2.75) is 26.4 Å². The number of benzene rings is 2.